The van der Waals surface area contributed by atoms with Gasteiger partial charge in [-0.05, 0) is 68.2 Å². The minimum atomic E-state index is -0.598. The molecule has 50 heavy (non-hydrogen) atoms. The molecule has 0 aliphatic rings. The maximum absolute atomic E-state index is 13.4. The van der Waals surface area contributed by atoms with Crippen molar-refractivity contribution in [2.75, 3.05) is 0 Å². The fraction of sp³-hybridized carbons (Fsp3) is 0.600. The van der Waals surface area contributed by atoms with Gasteiger partial charge >= 0.3 is 0 Å². The average molecular weight is 695 g/mol. The molecule has 0 heterocycles. The number of carbonyl (C=O) groups excluding carboxylic acids is 4. The number of phenolic OH excluding ortho intramolecular Hbond substituents is 2. The van der Waals surface area contributed by atoms with Crippen molar-refractivity contribution in [1.82, 2.24) is 21.7 Å². The van der Waals surface area contributed by atoms with Crippen LogP contribution in [0.2, 0.25) is 0 Å². The van der Waals surface area contributed by atoms with Crippen LogP contribution in [0, 0.1) is 11.8 Å². The standard InChI is InChI=1S/C40H62N4O6/c1-5-9-12-14-17-21-30-24-19-26-33(45)35(30)39(49)43-41-37(47)29(8-4)28-32(23-16-11-7-3)38(48)42-44-40(50)36-31(25-20-27-34(36)46)22-18-15-13-10-6-2/h19-20,24-27,29,32,45-46H,5-18,21-23,28H2,1-4H3,(H,41,47)(H,42,48)(H,43,49)(H,44,50). The average Bonchev–Trinajstić information content (AvgIpc) is 3.10. The molecule has 2 rings (SSSR count). The Morgan fingerprint density at radius 1 is 0.540 bits per heavy atom. The summed E-state index contributed by atoms with van der Waals surface area (Å²) < 4.78 is 0. The zero-order chi connectivity index (χ0) is 36.7. The lowest BCUT2D eigenvalue weighted by Gasteiger charge is -2.22. The molecule has 0 aliphatic carbocycles. The van der Waals surface area contributed by atoms with E-state index < -0.39 is 35.5 Å². The second-order valence-corrected chi connectivity index (χ2v) is 13.4. The minimum Gasteiger partial charge on any atom is -0.507 e. The molecule has 0 saturated carbocycles. The minimum absolute atomic E-state index is 0.144. The highest BCUT2D eigenvalue weighted by atomic mass is 16.3. The van der Waals surface area contributed by atoms with Crippen LogP contribution in [0.5, 0.6) is 11.5 Å². The first-order valence-corrected chi connectivity index (χ1v) is 19.0. The molecule has 0 aromatic heterocycles. The van der Waals surface area contributed by atoms with Crippen LogP contribution in [-0.2, 0) is 22.4 Å². The van der Waals surface area contributed by atoms with Crippen molar-refractivity contribution in [3.8, 4) is 11.5 Å². The van der Waals surface area contributed by atoms with Gasteiger partial charge in [-0.25, -0.2) is 0 Å². The van der Waals surface area contributed by atoms with Crippen LogP contribution >= 0.6 is 0 Å². The lowest BCUT2D eigenvalue weighted by atomic mass is 9.88. The van der Waals surface area contributed by atoms with Gasteiger partial charge < -0.3 is 10.2 Å². The van der Waals surface area contributed by atoms with Crippen molar-refractivity contribution in [2.24, 2.45) is 11.8 Å². The van der Waals surface area contributed by atoms with Crippen molar-refractivity contribution in [3.63, 3.8) is 0 Å². The summed E-state index contributed by atoms with van der Waals surface area (Å²) in [5.41, 5.74) is 11.8. The summed E-state index contributed by atoms with van der Waals surface area (Å²) in [7, 11) is 0. The zero-order valence-corrected chi connectivity index (χ0v) is 30.9. The number of benzene rings is 2. The summed E-state index contributed by atoms with van der Waals surface area (Å²) in [6.07, 6.45) is 15.7. The highest BCUT2D eigenvalue weighted by Crippen LogP contribution is 2.25. The lowest BCUT2D eigenvalue weighted by molar-refractivity contribution is -0.129. The molecule has 278 valence electrons. The van der Waals surface area contributed by atoms with Gasteiger partial charge in [0.05, 0.1) is 11.1 Å². The molecule has 2 unspecified atom stereocenters. The van der Waals surface area contributed by atoms with E-state index in [1.165, 1.54) is 12.1 Å². The molecule has 0 radical (unpaired) electrons. The van der Waals surface area contributed by atoms with Crippen LogP contribution in [0.25, 0.3) is 0 Å². The Bertz CT molecular complexity index is 1350. The summed E-state index contributed by atoms with van der Waals surface area (Å²) in [5, 5.41) is 21.0. The first kappa shape index (κ1) is 42.1. The van der Waals surface area contributed by atoms with E-state index in [9.17, 15) is 29.4 Å². The second kappa shape index (κ2) is 24.1. The number of hydrogen-bond acceptors (Lipinski definition) is 6. The molecule has 10 nitrogen and oxygen atoms in total. The molecule has 2 atom stereocenters. The van der Waals surface area contributed by atoms with E-state index >= 15 is 0 Å². The van der Waals surface area contributed by atoms with Gasteiger partial charge in [0.2, 0.25) is 11.8 Å². The maximum Gasteiger partial charge on any atom is 0.273 e. The topological polar surface area (TPSA) is 157 Å². The maximum atomic E-state index is 13.4. The van der Waals surface area contributed by atoms with Crippen LogP contribution < -0.4 is 21.7 Å². The molecule has 0 spiro atoms. The molecule has 2 aromatic rings. The number of carbonyl (C=O) groups is 4. The molecule has 10 heteroatoms. The number of hydrazine groups is 2. The van der Waals surface area contributed by atoms with Gasteiger partial charge in [0.25, 0.3) is 11.8 Å². The highest BCUT2D eigenvalue weighted by Gasteiger charge is 2.28. The van der Waals surface area contributed by atoms with Crippen LogP contribution in [0.4, 0.5) is 0 Å². The number of hydrogen-bond donors (Lipinski definition) is 6. The van der Waals surface area contributed by atoms with Crippen molar-refractivity contribution in [1.29, 1.82) is 0 Å². The van der Waals surface area contributed by atoms with Gasteiger partial charge in [-0.3, -0.25) is 40.9 Å². The Morgan fingerprint density at radius 2 is 0.960 bits per heavy atom. The second-order valence-electron chi connectivity index (χ2n) is 13.4. The first-order valence-electron chi connectivity index (χ1n) is 19.0. The van der Waals surface area contributed by atoms with E-state index in [2.05, 4.69) is 42.5 Å². The third-order valence-electron chi connectivity index (χ3n) is 9.37. The number of unbranched alkanes of at least 4 members (excludes halogenated alkanes) is 10. The van der Waals surface area contributed by atoms with Gasteiger partial charge in [0.15, 0.2) is 0 Å². The Labute approximate surface area is 299 Å². The third kappa shape index (κ3) is 14.4. The molecular formula is C40H62N4O6. The monoisotopic (exact) mass is 694 g/mol. The van der Waals surface area contributed by atoms with E-state index in [0.29, 0.717) is 25.7 Å². The zero-order valence-electron chi connectivity index (χ0n) is 30.9. The SMILES string of the molecule is CCCCCCCc1cccc(O)c1C(=O)NNC(=O)C(CC)CC(CCCCC)C(=O)NNC(=O)c1c(O)cccc1CCCCCCC. The van der Waals surface area contributed by atoms with Gasteiger partial charge in [-0.1, -0.05) is 123 Å². The van der Waals surface area contributed by atoms with Gasteiger partial charge in [-0.2, -0.15) is 0 Å². The van der Waals surface area contributed by atoms with Crippen LogP contribution in [0.15, 0.2) is 36.4 Å². The largest absolute Gasteiger partial charge is 0.507 e. The molecule has 4 amide bonds. The van der Waals surface area contributed by atoms with Crippen LogP contribution in [-0.4, -0.2) is 33.8 Å². The van der Waals surface area contributed by atoms with Crippen LogP contribution in [0.3, 0.4) is 0 Å². The van der Waals surface area contributed by atoms with Crippen molar-refractivity contribution in [2.45, 2.75) is 143 Å². The Kier molecular flexibility index (Phi) is 20.3. The van der Waals surface area contributed by atoms with E-state index in [-0.39, 0.29) is 29.0 Å². The van der Waals surface area contributed by atoms with Crippen LogP contribution in [0.1, 0.15) is 162 Å². The van der Waals surface area contributed by atoms with Gasteiger partial charge in [0.1, 0.15) is 11.5 Å². The first-order chi connectivity index (χ1) is 24.2. The predicted molar refractivity (Wildman–Crippen MR) is 198 cm³/mol. The fourth-order valence-electron chi connectivity index (χ4n) is 6.32. The Balaban J connectivity index is 2.05. The fourth-order valence-corrected chi connectivity index (χ4v) is 6.32. The smallest absolute Gasteiger partial charge is 0.273 e. The summed E-state index contributed by atoms with van der Waals surface area (Å²) in [6, 6.07) is 9.98. The molecule has 0 bridgehead atoms. The van der Waals surface area contributed by atoms with Crippen molar-refractivity contribution in [3.05, 3.63) is 58.7 Å². The summed E-state index contributed by atoms with van der Waals surface area (Å²) >= 11 is 0. The molecule has 6 N–H and O–H groups in total. The van der Waals surface area contributed by atoms with E-state index in [1.807, 2.05) is 19.1 Å². The molecule has 0 fully saturated rings. The van der Waals surface area contributed by atoms with E-state index in [4.69, 9.17) is 0 Å². The highest BCUT2D eigenvalue weighted by molar-refractivity contribution is 6.00. The van der Waals surface area contributed by atoms with Crippen molar-refractivity contribution >= 4 is 23.6 Å². The molecular weight excluding hydrogens is 632 g/mol. The normalized spacial score (nSPS) is 12.2. The summed E-state index contributed by atoms with van der Waals surface area (Å²) in [6.45, 7) is 8.22. The van der Waals surface area contributed by atoms with E-state index in [0.717, 1.165) is 94.6 Å². The lowest BCUT2D eigenvalue weighted by Crippen LogP contribution is -2.47. The summed E-state index contributed by atoms with van der Waals surface area (Å²) in [4.78, 5) is 53.1. The predicted octanol–water partition coefficient (Wildman–Crippen LogP) is 7.96. The number of phenols is 2. The third-order valence-corrected chi connectivity index (χ3v) is 9.37. The number of rotatable bonds is 23. The Hall–Kier alpha value is -4.08. The molecule has 2 aromatic carbocycles. The number of aromatic hydroxyl groups is 2. The number of aryl methyl sites for hydroxylation is 2. The number of nitrogens with one attached hydrogen (secondary N) is 4. The summed E-state index contributed by atoms with van der Waals surface area (Å²) in [5.74, 6) is -3.51. The van der Waals surface area contributed by atoms with Crippen molar-refractivity contribution < 1.29 is 29.4 Å². The molecule has 0 saturated heterocycles. The Morgan fingerprint density at radius 3 is 1.40 bits per heavy atom. The van der Waals surface area contributed by atoms with Gasteiger partial charge in [0, 0.05) is 11.8 Å². The number of amides is 4. The quantitative estimate of drug-likeness (QED) is 0.0512. The molecule has 0 aliphatic heterocycles. The van der Waals surface area contributed by atoms with E-state index in [1.54, 1.807) is 12.1 Å². The van der Waals surface area contributed by atoms with Gasteiger partial charge in [-0.15, -0.1) is 0 Å².